The minimum absolute atomic E-state index is 0.0162. The molecule has 2 aromatic rings. The normalized spacial score (nSPS) is 23.0. The van der Waals surface area contributed by atoms with E-state index in [9.17, 15) is 9.90 Å². The van der Waals surface area contributed by atoms with Crippen molar-refractivity contribution in [3.05, 3.63) is 42.7 Å². The first kappa shape index (κ1) is 16.1. The molecule has 7 nitrogen and oxygen atoms in total. The molecule has 0 radical (unpaired) electrons. The highest BCUT2D eigenvalue weighted by atomic mass is 16.3. The zero-order valence-electron chi connectivity index (χ0n) is 14.0. The number of carbonyl (C=O) groups is 1. The molecule has 1 atom stereocenters. The molecule has 25 heavy (non-hydrogen) atoms. The average molecular weight is 342 g/mol. The maximum absolute atomic E-state index is 12.5. The smallest absolute Gasteiger partial charge is 0.257 e. The summed E-state index contributed by atoms with van der Waals surface area (Å²) in [4.78, 5) is 25.0. The number of piperidine rings is 2. The Hall–Kier alpha value is -2.41. The van der Waals surface area contributed by atoms with Crippen LogP contribution in [0.15, 0.2) is 41.6 Å². The van der Waals surface area contributed by atoms with Crippen LogP contribution < -0.4 is 4.90 Å². The van der Waals surface area contributed by atoms with E-state index in [-0.39, 0.29) is 17.4 Å². The maximum atomic E-state index is 12.5. The van der Waals surface area contributed by atoms with Gasteiger partial charge in [-0.1, -0.05) is 0 Å². The number of likely N-dealkylation sites (tertiary alicyclic amines) is 1. The third kappa shape index (κ3) is 3.24. The third-order valence-corrected chi connectivity index (χ3v) is 5.38. The molecule has 2 saturated heterocycles. The third-order valence-electron chi connectivity index (χ3n) is 5.38. The SMILES string of the molecule is O=C(c1ccoc1)N1CCC2(CC1)CC(O)CN(c1cnccn1)C2. The number of aliphatic hydroxyl groups is 1. The predicted octanol–water partition coefficient (Wildman–Crippen LogP) is 1.56. The van der Waals surface area contributed by atoms with Crippen molar-refractivity contribution in [1.82, 2.24) is 14.9 Å². The molecule has 2 aromatic heterocycles. The van der Waals surface area contributed by atoms with E-state index >= 15 is 0 Å². The van der Waals surface area contributed by atoms with Crippen LogP contribution in [-0.2, 0) is 0 Å². The van der Waals surface area contributed by atoms with E-state index in [0.717, 1.165) is 31.6 Å². The number of carbonyl (C=O) groups excluding carboxylic acids is 1. The number of aromatic nitrogens is 2. The number of hydrogen-bond acceptors (Lipinski definition) is 6. The minimum atomic E-state index is -0.383. The summed E-state index contributed by atoms with van der Waals surface area (Å²) in [6.45, 7) is 2.82. The summed E-state index contributed by atoms with van der Waals surface area (Å²) in [5.41, 5.74) is 0.614. The molecule has 4 heterocycles. The van der Waals surface area contributed by atoms with Gasteiger partial charge in [-0.15, -0.1) is 0 Å². The number of hydrogen-bond donors (Lipinski definition) is 1. The van der Waals surface area contributed by atoms with E-state index in [0.29, 0.717) is 25.2 Å². The summed E-state index contributed by atoms with van der Waals surface area (Å²) in [6, 6.07) is 1.70. The van der Waals surface area contributed by atoms with E-state index in [1.54, 1.807) is 24.7 Å². The first-order valence-corrected chi connectivity index (χ1v) is 8.66. The van der Waals surface area contributed by atoms with Crippen LogP contribution >= 0.6 is 0 Å². The molecule has 0 aromatic carbocycles. The number of β-amino-alcohol motifs (C(OH)–C–C–N with tert-alkyl or cyclic N) is 1. The van der Waals surface area contributed by atoms with Gasteiger partial charge in [-0.3, -0.25) is 9.78 Å². The lowest BCUT2D eigenvalue weighted by atomic mass is 9.71. The van der Waals surface area contributed by atoms with Crippen LogP contribution in [0.5, 0.6) is 0 Å². The van der Waals surface area contributed by atoms with Crippen molar-refractivity contribution in [3.63, 3.8) is 0 Å². The number of nitrogens with zero attached hydrogens (tertiary/aromatic N) is 4. The van der Waals surface area contributed by atoms with Crippen LogP contribution in [0.3, 0.4) is 0 Å². The van der Waals surface area contributed by atoms with Crippen molar-refractivity contribution in [1.29, 1.82) is 0 Å². The molecule has 7 heteroatoms. The molecule has 1 unspecified atom stereocenters. The molecule has 1 amide bonds. The molecule has 0 bridgehead atoms. The first-order valence-electron chi connectivity index (χ1n) is 8.66. The van der Waals surface area contributed by atoms with Crippen LogP contribution in [0.25, 0.3) is 0 Å². The summed E-state index contributed by atoms with van der Waals surface area (Å²) in [5, 5.41) is 10.4. The van der Waals surface area contributed by atoms with Crippen LogP contribution in [0.2, 0.25) is 0 Å². The molecule has 132 valence electrons. The quantitative estimate of drug-likeness (QED) is 0.892. The Morgan fingerprint density at radius 3 is 2.84 bits per heavy atom. The second kappa shape index (κ2) is 6.48. The highest BCUT2D eigenvalue weighted by molar-refractivity contribution is 5.93. The van der Waals surface area contributed by atoms with Crippen LogP contribution in [0.4, 0.5) is 5.82 Å². The van der Waals surface area contributed by atoms with Gasteiger partial charge in [-0.2, -0.15) is 0 Å². The van der Waals surface area contributed by atoms with Crippen molar-refractivity contribution < 1.29 is 14.3 Å². The molecular formula is C18H22N4O3. The van der Waals surface area contributed by atoms with Crippen molar-refractivity contribution >= 4 is 11.7 Å². The number of amides is 1. The van der Waals surface area contributed by atoms with Gasteiger partial charge in [0, 0.05) is 38.6 Å². The summed E-state index contributed by atoms with van der Waals surface area (Å²) < 4.78 is 5.01. The lowest BCUT2D eigenvalue weighted by Gasteiger charge is -2.49. The van der Waals surface area contributed by atoms with Gasteiger partial charge >= 0.3 is 0 Å². The van der Waals surface area contributed by atoms with E-state index in [4.69, 9.17) is 4.42 Å². The summed E-state index contributed by atoms with van der Waals surface area (Å²) in [7, 11) is 0. The fraction of sp³-hybridized carbons (Fsp3) is 0.500. The molecule has 1 spiro atoms. The highest BCUT2D eigenvalue weighted by Crippen LogP contribution is 2.41. The summed E-state index contributed by atoms with van der Waals surface area (Å²) in [5.74, 6) is 0.822. The Kier molecular flexibility index (Phi) is 4.17. The van der Waals surface area contributed by atoms with Gasteiger partial charge in [0.1, 0.15) is 12.1 Å². The van der Waals surface area contributed by atoms with Crippen molar-refractivity contribution in [2.24, 2.45) is 5.41 Å². The van der Waals surface area contributed by atoms with Gasteiger partial charge in [0.15, 0.2) is 0 Å². The van der Waals surface area contributed by atoms with E-state index < -0.39 is 0 Å². The van der Waals surface area contributed by atoms with Crippen molar-refractivity contribution in [3.8, 4) is 0 Å². The van der Waals surface area contributed by atoms with Gasteiger partial charge in [-0.05, 0) is 30.7 Å². The van der Waals surface area contributed by atoms with Crippen LogP contribution in [0, 0.1) is 5.41 Å². The largest absolute Gasteiger partial charge is 0.472 e. The Bertz CT molecular complexity index is 711. The van der Waals surface area contributed by atoms with Gasteiger partial charge in [0.05, 0.1) is 24.1 Å². The predicted molar refractivity (Wildman–Crippen MR) is 91.1 cm³/mol. The number of anilines is 1. The average Bonchev–Trinajstić information content (AvgIpc) is 3.17. The fourth-order valence-electron chi connectivity index (χ4n) is 4.10. The monoisotopic (exact) mass is 342 g/mol. The van der Waals surface area contributed by atoms with E-state index in [2.05, 4.69) is 14.9 Å². The van der Waals surface area contributed by atoms with Gasteiger partial charge < -0.3 is 19.3 Å². The molecule has 0 aliphatic carbocycles. The summed E-state index contributed by atoms with van der Waals surface area (Å²) in [6.07, 6.45) is 10.2. The molecule has 2 aliphatic rings. The molecule has 1 N–H and O–H groups in total. The van der Waals surface area contributed by atoms with Crippen LogP contribution in [0.1, 0.15) is 29.6 Å². The lowest BCUT2D eigenvalue weighted by Crippen LogP contribution is -2.54. The van der Waals surface area contributed by atoms with E-state index in [1.165, 1.54) is 12.5 Å². The maximum Gasteiger partial charge on any atom is 0.257 e. The van der Waals surface area contributed by atoms with Gasteiger partial charge in [0.25, 0.3) is 5.91 Å². The molecule has 2 fully saturated rings. The number of rotatable bonds is 2. The zero-order valence-corrected chi connectivity index (χ0v) is 14.0. The topological polar surface area (TPSA) is 82.7 Å². The lowest BCUT2D eigenvalue weighted by molar-refractivity contribution is 0.0246. The van der Waals surface area contributed by atoms with E-state index in [1.807, 2.05) is 4.90 Å². The van der Waals surface area contributed by atoms with Gasteiger partial charge in [0.2, 0.25) is 0 Å². The Labute approximate surface area is 146 Å². The Balaban J connectivity index is 1.45. The summed E-state index contributed by atoms with van der Waals surface area (Å²) >= 11 is 0. The Morgan fingerprint density at radius 2 is 2.16 bits per heavy atom. The zero-order chi connectivity index (χ0) is 17.3. The first-order chi connectivity index (χ1) is 12.2. The second-order valence-corrected chi connectivity index (χ2v) is 7.11. The molecule has 2 aliphatic heterocycles. The standard InChI is InChI=1S/C18H22N4O3/c23-15-9-18(13-22(11-15)16-10-19-4-5-20-16)2-6-21(7-3-18)17(24)14-1-8-25-12-14/h1,4-5,8,10,12,15,23H,2-3,6-7,9,11,13H2. The van der Waals surface area contributed by atoms with Crippen molar-refractivity contribution in [2.45, 2.75) is 25.4 Å². The molecule has 4 rings (SSSR count). The second-order valence-electron chi connectivity index (χ2n) is 7.11. The molecular weight excluding hydrogens is 320 g/mol. The van der Waals surface area contributed by atoms with Crippen LogP contribution in [-0.4, -0.2) is 58.2 Å². The van der Waals surface area contributed by atoms with Crippen molar-refractivity contribution in [2.75, 3.05) is 31.1 Å². The number of furan rings is 1. The fourth-order valence-corrected chi connectivity index (χ4v) is 4.10. The highest BCUT2D eigenvalue weighted by Gasteiger charge is 2.42. The molecule has 0 saturated carbocycles. The number of aliphatic hydroxyl groups excluding tert-OH is 1. The minimum Gasteiger partial charge on any atom is -0.472 e. The Morgan fingerprint density at radius 1 is 1.32 bits per heavy atom. The van der Waals surface area contributed by atoms with Gasteiger partial charge in [-0.25, -0.2) is 4.98 Å².